The minimum absolute atomic E-state index is 0.00330. The standard InChI is InChI=1S/C63H62O2S6Si.C58H78O2S6Si2/c1-4-5-6-7-8-9-12-15-21-30-47-43-45(2)66-59(47)54-40-38-52(68-54)53-39-41-55(69-53)60-48(44-56(70-60)61-58-57(62(64)71-61)46(3)67-63(58)65)31-22-16-13-10-11-14-17-29-42-72(49-32-23-18-24-33-49,50-34-25-19-26-35-50)51-36-27-20-28-37-51;1-37(2)67(38(3)4,39(5)6)33-25-21-17-15-19-23-27-45-35-50(64-54(45)47-30-29-43(13)61-47)51-36-46(28-24-20-16-18-22-26-34-68(40(7)8,41(9)10)42(11)12)55(65-51)48-31-32-49(63-48)56-53-52(57(59)66-56)44(14)62-58(53)60/h18-20,23-28,32-41,43-44H,6-17,21-22,30-31H2,1-3H3;29-32,35-42H,15-24,27-28H2,1-14H3. The highest BCUT2D eigenvalue weighted by molar-refractivity contribution is 8.24. The van der Waals surface area contributed by atoms with Crippen LogP contribution in [0.2, 0.25) is 33.2 Å². The Bertz CT molecular complexity index is 6420. The van der Waals surface area contributed by atoms with Crippen molar-refractivity contribution in [2.24, 2.45) is 0 Å². The van der Waals surface area contributed by atoms with Gasteiger partial charge in [-0.2, -0.15) is 0 Å². The highest BCUT2D eigenvalue weighted by Crippen LogP contribution is 2.58. The number of benzene rings is 3. The van der Waals surface area contributed by atoms with Crippen molar-refractivity contribution in [2.75, 3.05) is 0 Å². The molecule has 0 bridgehead atoms. The van der Waals surface area contributed by atoms with E-state index in [1.165, 1.54) is 249 Å². The van der Waals surface area contributed by atoms with E-state index >= 15 is 0 Å². The number of unbranched alkanes of at least 4 members (excludes halogenated alkanes) is 20. The molecule has 0 atom stereocenters. The zero-order valence-corrected chi connectivity index (χ0v) is 98.2. The first-order valence-electron chi connectivity index (χ1n) is 51.4. The molecule has 0 saturated carbocycles. The van der Waals surface area contributed by atoms with Gasteiger partial charge in [-0.05, 0) is 279 Å². The van der Waals surface area contributed by atoms with Crippen LogP contribution < -0.4 is 15.6 Å². The van der Waals surface area contributed by atoms with E-state index < -0.39 is 24.2 Å². The van der Waals surface area contributed by atoms with Crippen molar-refractivity contribution in [2.45, 2.75) is 331 Å². The molecule has 4 nitrogen and oxygen atoms in total. The number of carbonyl (C=O) groups is 4. The first-order chi connectivity index (χ1) is 67.7. The summed E-state index contributed by atoms with van der Waals surface area (Å²) in [6.07, 6.45) is 32.3. The van der Waals surface area contributed by atoms with Gasteiger partial charge in [0.25, 0.3) is 0 Å². The monoisotopic (exact) mass is 2120 g/mol. The van der Waals surface area contributed by atoms with Crippen molar-refractivity contribution >= 4 is 208 Å². The molecule has 0 amide bonds. The minimum atomic E-state index is -2.54. The van der Waals surface area contributed by atoms with Crippen LogP contribution in [0.25, 0.3) is 68.3 Å². The average molecular weight is 2130 g/mol. The lowest BCUT2D eigenvalue weighted by molar-refractivity contribution is -0.109. The van der Waals surface area contributed by atoms with Gasteiger partial charge in [-0.25, -0.2) is 0 Å². The number of carbonyl (C=O) groups excluding carboxylic acids is 4. The van der Waals surface area contributed by atoms with Crippen molar-refractivity contribution in [1.29, 1.82) is 0 Å². The van der Waals surface area contributed by atoms with Gasteiger partial charge in [-0.15, -0.1) is 137 Å². The summed E-state index contributed by atoms with van der Waals surface area (Å²) in [6, 6.07) is 60.8. The maximum Gasteiger partial charge on any atom is 0.229 e. The van der Waals surface area contributed by atoms with Gasteiger partial charge in [0.15, 0.2) is 0 Å². The molecule has 0 saturated heterocycles. The summed E-state index contributed by atoms with van der Waals surface area (Å²) >= 11 is 19.9. The minimum Gasteiger partial charge on any atom is -0.281 e. The number of fused-ring (bicyclic) bond motifs is 2. The van der Waals surface area contributed by atoms with Crippen LogP contribution >= 0.6 is 138 Å². The summed E-state index contributed by atoms with van der Waals surface area (Å²) in [5.74, 6) is 17.3. The SMILES string of the molecule is CC#CCCCCCCCCc1cc(C)sc1-c1ccc(-c2ccc(-c3sc(C4=C5C(=O)SC(C)=C5C(=O)S4)cc3CCCCCCCCC#C[Si](c3ccccc3)(c3ccccc3)c3ccccc3)s2)s1.CC1=C2C(=O)SC(c3ccc(-c4sc(-c5cc(CCCCCCC#C[Si](C(C)C)(C(C)C)C(C)C)c(-c6ccc(C)s6)s5)cc4CCCCCCC#C[Si](C(C)C)(C(C)C)C(C)C)s3)=C2C(=O)S1. The highest BCUT2D eigenvalue weighted by atomic mass is 32.2. The van der Waals surface area contributed by atoms with Crippen molar-refractivity contribution < 1.29 is 19.2 Å². The summed E-state index contributed by atoms with van der Waals surface area (Å²) in [7, 11) is -5.88. The Labute approximate surface area is 891 Å². The molecule has 0 N–H and O–H groups in total. The number of thiophene rings is 8. The quantitative estimate of drug-likeness (QED) is 0.0162. The van der Waals surface area contributed by atoms with E-state index in [9.17, 15) is 19.2 Å². The maximum absolute atomic E-state index is 13.2. The highest BCUT2D eigenvalue weighted by Gasteiger charge is 2.46. The second kappa shape index (κ2) is 52.0. The van der Waals surface area contributed by atoms with E-state index in [0.717, 1.165) is 113 Å². The number of aryl methyl sites for hydroxylation is 6. The molecule has 0 aliphatic carbocycles. The van der Waals surface area contributed by atoms with Gasteiger partial charge in [0.1, 0.15) is 16.1 Å². The van der Waals surface area contributed by atoms with Crippen molar-refractivity contribution in [1.82, 2.24) is 0 Å². The first-order valence-corrected chi connectivity index (χ1v) is 67.7. The molecular weight excluding hydrogens is 1990 g/mol. The summed E-state index contributed by atoms with van der Waals surface area (Å²) < 4.78 is 0. The van der Waals surface area contributed by atoms with Crippen LogP contribution in [-0.2, 0) is 44.9 Å². The fourth-order valence-electron chi connectivity index (χ4n) is 21.4. The second-order valence-electron chi connectivity index (χ2n) is 39.9. The summed E-state index contributed by atoms with van der Waals surface area (Å²) in [5, 5.41) is 4.01. The average Bonchev–Trinajstić information content (AvgIpc) is 1.62. The van der Waals surface area contributed by atoms with E-state index in [1.807, 2.05) is 88.8 Å². The normalized spacial score (nSPS) is 14.0. The Morgan fingerprint density at radius 1 is 0.257 bits per heavy atom. The molecule has 3 aromatic carbocycles. The van der Waals surface area contributed by atoms with Crippen molar-refractivity contribution in [3.8, 4) is 105 Å². The molecule has 140 heavy (non-hydrogen) atoms. The molecule has 11 aromatic rings. The lowest BCUT2D eigenvalue weighted by atomic mass is 10.0. The Balaban J connectivity index is 0.000000223. The first kappa shape index (κ1) is 109. The Kier molecular flexibility index (Phi) is 40.4. The van der Waals surface area contributed by atoms with E-state index in [1.54, 1.807) is 22.7 Å². The van der Waals surface area contributed by atoms with Crippen LogP contribution in [0.15, 0.2) is 196 Å². The maximum atomic E-state index is 13.2. The van der Waals surface area contributed by atoms with Crippen molar-refractivity contribution in [3.05, 3.63) is 238 Å². The van der Waals surface area contributed by atoms with Crippen LogP contribution in [0, 0.1) is 60.1 Å². The molecule has 0 radical (unpaired) electrons. The molecule has 4 aliphatic rings. The fraction of sp³-hybridized carbons (Fsp3) is 0.421. The number of thioether (sulfide) groups is 4. The second-order valence-corrected chi connectivity index (χ2v) is 67.8. The van der Waals surface area contributed by atoms with Gasteiger partial charge in [0.05, 0.1) is 22.3 Å². The van der Waals surface area contributed by atoms with E-state index in [-0.39, 0.29) is 20.5 Å². The van der Waals surface area contributed by atoms with Gasteiger partial charge in [0, 0.05) is 123 Å². The van der Waals surface area contributed by atoms with Gasteiger partial charge in [-0.1, -0.05) is 275 Å². The van der Waals surface area contributed by atoms with Gasteiger partial charge in [-0.3, -0.25) is 19.2 Å². The summed E-state index contributed by atoms with van der Waals surface area (Å²) in [6.45, 7) is 39.0. The molecule has 732 valence electrons. The molecule has 0 fully saturated rings. The van der Waals surface area contributed by atoms with Gasteiger partial charge in [0.2, 0.25) is 28.5 Å². The molecule has 4 aliphatic heterocycles. The van der Waals surface area contributed by atoms with Crippen LogP contribution in [-0.4, -0.2) is 44.7 Å². The fourth-order valence-corrected chi connectivity index (χ4v) is 49.7. The zero-order valence-electron chi connectivity index (χ0n) is 85.4. The molecular formula is C121H140O4S12Si3. The van der Waals surface area contributed by atoms with Crippen LogP contribution in [0.1, 0.15) is 300 Å². The lowest BCUT2D eigenvalue weighted by Gasteiger charge is -2.38. The topological polar surface area (TPSA) is 68.3 Å². The predicted molar refractivity (Wildman–Crippen MR) is 636 cm³/mol. The Morgan fingerprint density at radius 3 is 0.921 bits per heavy atom. The predicted octanol–water partition coefficient (Wildman–Crippen LogP) is 37.3. The Hall–Kier alpha value is -6.81. The third-order valence-electron chi connectivity index (χ3n) is 28.5. The molecule has 8 aromatic heterocycles. The van der Waals surface area contributed by atoms with E-state index in [4.69, 9.17) is 0 Å². The van der Waals surface area contributed by atoms with Crippen LogP contribution in [0.4, 0.5) is 0 Å². The van der Waals surface area contributed by atoms with Crippen LogP contribution in [0.3, 0.4) is 0 Å². The number of hydrogen-bond donors (Lipinski definition) is 0. The van der Waals surface area contributed by atoms with Gasteiger partial charge >= 0.3 is 0 Å². The molecule has 12 heterocycles. The van der Waals surface area contributed by atoms with Crippen LogP contribution in [0.5, 0.6) is 0 Å². The molecule has 0 spiro atoms. The largest absolute Gasteiger partial charge is 0.281 e. The van der Waals surface area contributed by atoms with Gasteiger partial charge < -0.3 is 0 Å². The zero-order chi connectivity index (χ0) is 99.2. The van der Waals surface area contributed by atoms with Crippen molar-refractivity contribution in [3.63, 3.8) is 0 Å². The third kappa shape index (κ3) is 26.0. The lowest BCUT2D eigenvalue weighted by Crippen LogP contribution is -2.66. The summed E-state index contributed by atoms with van der Waals surface area (Å²) in [5.41, 5.74) is 24.1. The number of hydrogen-bond acceptors (Lipinski definition) is 16. The molecule has 19 heteroatoms. The Morgan fingerprint density at radius 2 is 0.550 bits per heavy atom. The number of allylic oxidation sites excluding steroid dienone is 2. The molecule has 15 rings (SSSR count). The van der Waals surface area contributed by atoms with E-state index in [0.29, 0.717) is 55.5 Å². The van der Waals surface area contributed by atoms with E-state index in [2.05, 4.69) is 307 Å². The third-order valence-corrected chi connectivity index (χ3v) is 59.5. The number of rotatable bonds is 45. The summed E-state index contributed by atoms with van der Waals surface area (Å²) in [4.78, 5) is 76.8. The molecule has 0 unspecified atom stereocenters. The smallest absolute Gasteiger partial charge is 0.229 e.